The summed E-state index contributed by atoms with van der Waals surface area (Å²) in [6.07, 6.45) is 11.4. The van der Waals surface area contributed by atoms with Crippen molar-refractivity contribution in [3.8, 4) is 11.5 Å². The van der Waals surface area contributed by atoms with E-state index in [0.29, 0.717) is 17.7 Å². The molecule has 6 nitrogen and oxygen atoms in total. The number of carbonyl (C=O) groups excluding carboxylic acids is 1. The lowest BCUT2D eigenvalue weighted by molar-refractivity contribution is -0.135. The van der Waals surface area contributed by atoms with E-state index in [4.69, 9.17) is 9.15 Å². The molecule has 2 bridgehead atoms. The number of hydrogen-bond donors (Lipinski definition) is 1. The van der Waals surface area contributed by atoms with Gasteiger partial charge in [0.15, 0.2) is 0 Å². The van der Waals surface area contributed by atoms with E-state index in [2.05, 4.69) is 35.2 Å². The van der Waals surface area contributed by atoms with Crippen LogP contribution in [0.5, 0.6) is 11.5 Å². The number of amides is 1. The minimum Gasteiger partial charge on any atom is -0.508 e. The lowest BCUT2D eigenvalue weighted by Crippen LogP contribution is -2.69. The Morgan fingerprint density at radius 3 is 2.87 bits per heavy atom. The van der Waals surface area contributed by atoms with Crippen molar-refractivity contribution < 1.29 is 19.1 Å². The minimum atomic E-state index is -0.165. The van der Waals surface area contributed by atoms with Gasteiger partial charge in [-0.1, -0.05) is 30.3 Å². The molecule has 1 spiro atoms. The number of nitrogens with zero attached hydrogens (tertiary/aromatic N) is 2. The summed E-state index contributed by atoms with van der Waals surface area (Å²) < 4.78 is 11.9. The van der Waals surface area contributed by atoms with E-state index in [9.17, 15) is 9.90 Å². The molecular weight excluding hydrogens is 476 g/mol. The fraction of sp³-hybridized carbons (Fsp3) is 0.406. The van der Waals surface area contributed by atoms with Gasteiger partial charge in [-0.2, -0.15) is 0 Å². The molecule has 7 rings (SSSR count). The van der Waals surface area contributed by atoms with Crippen LogP contribution in [0.1, 0.15) is 41.5 Å². The number of furan rings is 1. The molecule has 1 amide bonds. The van der Waals surface area contributed by atoms with E-state index >= 15 is 0 Å². The van der Waals surface area contributed by atoms with Gasteiger partial charge in [-0.05, 0) is 74.4 Å². The highest BCUT2D eigenvalue weighted by atomic mass is 16.5. The van der Waals surface area contributed by atoms with Crippen molar-refractivity contribution in [2.24, 2.45) is 5.92 Å². The Kier molecular flexibility index (Phi) is 5.62. The van der Waals surface area contributed by atoms with Crippen molar-refractivity contribution in [3.63, 3.8) is 0 Å². The molecule has 2 fully saturated rings. The van der Waals surface area contributed by atoms with Gasteiger partial charge in [-0.25, -0.2) is 0 Å². The second-order valence-corrected chi connectivity index (χ2v) is 11.4. The van der Waals surface area contributed by atoms with E-state index in [1.165, 1.54) is 11.1 Å². The second-order valence-electron chi connectivity index (χ2n) is 11.4. The van der Waals surface area contributed by atoms with Gasteiger partial charge in [-0.3, -0.25) is 9.69 Å². The average Bonchev–Trinajstić information content (AvgIpc) is 3.58. The van der Waals surface area contributed by atoms with Crippen LogP contribution in [0.2, 0.25) is 0 Å². The van der Waals surface area contributed by atoms with Gasteiger partial charge in [0.2, 0.25) is 5.91 Å². The third-order valence-electron chi connectivity index (χ3n) is 9.76. The molecule has 3 aromatic rings. The fourth-order valence-corrected chi connectivity index (χ4v) is 8.02. The van der Waals surface area contributed by atoms with Gasteiger partial charge in [0.25, 0.3) is 0 Å². The topological polar surface area (TPSA) is 66.2 Å². The number of phenols is 1. The first-order valence-electron chi connectivity index (χ1n) is 13.8. The Morgan fingerprint density at radius 1 is 1.18 bits per heavy atom. The Bertz CT molecular complexity index is 1370. The van der Waals surface area contributed by atoms with E-state index in [1.807, 2.05) is 24.1 Å². The molecule has 1 saturated heterocycles. The molecule has 2 aliphatic carbocycles. The van der Waals surface area contributed by atoms with Crippen LogP contribution >= 0.6 is 0 Å². The van der Waals surface area contributed by atoms with Crippen LogP contribution < -0.4 is 4.74 Å². The van der Waals surface area contributed by atoms with Crippen LogP contribution in [0.25, 0.3) is 6.08 Å². The average molecular weight is 511 g/mol. The Hall–Kier alpha value is -3.51. The van der Waals surface area contributed by atoms with Gasteiger partial charge in [0.05, 0.1) is 18.6 Å². The number of aromatic hydroxyl groups is 1. The standard InChI is InChI=1S/C32H34N2O4/c1-33(29(36)12-7-22-14-18-37-20-22)25-9-8-24-26-19-23-27(35)10-11-28-30(23)32(24,31(25)38-28)15-17-34(26)16-13-21-5-3-2-4-6-21/h2-7,10-12,14,18,20,24-26,31,35H,8-9,13,15-17,19H2,1H3/b12-7+/t24-,25+,26+,31-,32-/m0/s1. The molecule has 4 aliphatic rings. The molecule has 3 heterocycles. The predicted molar refractivity (Wildman–Crippen MR) is 145 cm³/mol. The number of ether oxygens (including phenoxy) is 1. The predicted octanol–water partition coefficient (Wildman–Crippen LogP) is 4.81. The number of piperidine rings is 1. The van der Waals surface area contributed by atoms with Crippen molar-refractivity contribution in [2.45, 2.75) is 55.7 Å². The van der Waals surface area contributed by atoms with E-state index in [-0.39, 0.29) is 23.5 Å². The molecule has 5 atom stereocenters. The van der Waals surface area contributed by atoms with Crippen molar-refractivity contribution in [1.82, 2.24) is 9.80 Å². The highest BCUT2D eigenvalue weighted by molar-refractivity contribution is 5.91. The maximum absolute atomic E-state index is 13.3. The van der Waals surface area contributed by atoms with Gasteiger partial charge < -0.3 is 19.2 Å². The quantitative estimate of drug-likeness (QED) is 0.483. The van der Waals surface area contributed by atoms with Crippen LogP contribution in [0.15, 0.2) is 71.6 Å². The first-order chi connectivity index (χ1) is 18.6. The summed E-state index contributed by atoms with van der Waals surface area (Å²) in [5.41, 5.74) is 4.36. The second kappa shape index (κ2) is 9.05. The largest absolute Gasteiger partial charge is 0.508 e. The summed E-state index contributed by atoms with van der Waals surface area (Å²) in [6.45, 7) is 2.02. The number of rotatable bonds is 6. The molecule has 196 valence electrons. The van der Waals surface area contributed by atoms with Gasteiger partial charge in [0.1, 0.15) is 17.6 Å². The van der Waals surface area contributed by atoms with Crippen LogP contribution in [0.4, 0.5) is 0 Å². The number of likely N-dealkylation sites (N-methyl/N-ethyl adjacent to an activating group) is 1. The third-order valence-corrected chi connectivity index (χ3v) is 9.76. The lowest BCUT2D eigenvalue weighted by atomic mass is 9.51. The van der Waals surface area contributed by atoms with Crippen LogP contribution in [-0.4, -0.2) is 59.1 Å². The van der Waals surface area contributed by atoms with E-state index < -0.39 is 0 Å². The summed E-state index contributed by atoms with van der Waals surface area (Å²) in [6, 6.07) is 16.6. The summed E-state index contributed by atoms with van der Waals surface area (Å²) >= 11 is 0. The monoisotopic (exact) mass is 510 g/mol. The lowest BCUT2D eigenvalue weighted by Gasteiger charge is -2.60. The molecule has 1 N–H and O–H groups in total. The van der Waals surface area contributed by atoms with Gasteiger partial charge in [0, 0.05) is 47.8 Å². The number of benzene rings is 2. The summed E-state index contributed by atoms with van der Waals surface area (Å²) in [5, 5.41) is 11.0. The van der Waals surface area contributed by atoms with Crippen LogP contribution in [0.3, 0.4) is 0 Å². The number of phenolic OH excluding ortho intramolecular Hbond substituents is 1. The van der Waals surface area contributed by atoms with Crippen LogP contribution in [-0.2, 0) is 23.1 Å². The smallest absolute Gasteiger partial charge is 0.246 e. The highest BCUT2D eigenvalue weighted by Gasteiger charge is 2.66. The molecule has 38 heavy (non-hydrogen) atoms. The molecule has 1 saturated carbocycles. The zero-order chi connectivity index (χ0) is 25.9. The third kappa shape index (κ3) is 3.53. The molecule has 6 heteroatoms. The first kappa shape index (κ1) is 23.6. The van der Waals surface area contributed by atoms with Gasteiger partial charge in [-0.15, -0.1) is 0 Å². The van der Waals surface area contributed by atoms with Crippen molar-refractivity contribution in [1.29, 1.82) is 0 Å². The zero-order valence-corrected chi connectivity index (χ0v) is 21.8. The van der Waals surface area contributed by atoms with Crippen molar-refractivity contribution in [2.75, 3.05) is 20.1 Å². The highest BCUT2D eigenvalue weighted by Crippen LogP contribution is 2.63. The molecular formula is C32H34N2O4. The number of carbonyl (C=O) groups is 1. The number of hydrogen-bond acceptors (Lipinski definition) is 5. The Morgan fingerprint density at radius 2 is 2.05 bits per heavy atom. The van der Waals surface area contributed by atoms with E-state index in [1.54, 1.807) is 30.7 Å². The van der Waals surface area contributed by atoms with Crippen molar-refractivity contribution >= 4 is 12.0 Å². The first-order valence-corrected chi connectivity index (χ1v) is 13.8. The Balaban J connectivity index is 1.20. The van der Waals surface area contributed by atoms with Crippen LogP contribution in [0, 0.1) is 5.92 Å². The maximum Gasteiger partial charge on any atom is 0.246 e. The number of likely N-dealkylation sites (tertiary alicyclic amines) is 1. The molecule has 1 aromatic heterocycles. The Labute approximate surface area is 223 Å². The SMILES string of the molecule is CN(C(=O)/C=C/c1ccoc1)[C@@H]1CC[C@H]2[C@H]3Cc4c(O)ccc5c4[C@@]2(CCN3CCc2ccccc2)[C@H]1O5. The maximum atomic E-state index is 13.3. The normalized spacial score (nSPS) is 29.2. The summed E-state index contributed by atoms with van der Waals surface area (Å²) in [7, 11) is 1.91. The molecule has 0 unspecified atom stereocenters. The zero-order valence-electron chi connectivity index (χ0n) is 21.8. The molecule has 2 aromatic carbocycles. The summed E-state index contributed by atoms with van der Waals surface area (Å²) in [5.74, 6) is 1.72. The summed E-state index contributed by atoms with van der Waals surface area (Å²) in [4.78, 5) is 17.8. The molecule has 2 aliphatic heterocycles. The fourth-order valence-electron chi connectivity index (χ4n) is 8.02. The van der Waals surface area contributed by atoms with Crippen molar-refractivity contribution in [3.05, 3.63) is 89.4 Å². The van der Waals surface area contributed by atoms with E-state index in [0.717, 1.165) is 62.1 Å². The molecule has 0 radical (unpaired) electrons. The van der Waals surface area contributed by atoms with Gasteiger partial charge >= 0.3 is 0 Å². The minimum absolute atomic E-state index is 0.0234.